The normalized spacial score (nSPS) is 20.8. The Balaban J connectivity index is 2.32. The summed E-state index contributed by atoms with van der Waals surface area (Å²) in [5.41, 5.74) is 6.23. The Kier molecular flexibility index (Phi) is 2.96. The van der Waals surface area contributed by atoms with Crippen molar-refractivity contribution in [1.29, 1.82) is 0 Å². The van der Waals surface area contributed by atoms with Crippen LogP contribution in [0.3, 0.4) is 0 Å². The maximum Gasteiger partial charge on any atom is 0.265 e. The number of β-amino-alcohol motifs (C(OH)–C–C–N with tert-alkyl or cyclic N) is 1. The average Bonchev–Trinajstić information content (AvgIpc) is 2.64. The average molecular weight is 228 g/mol. The van der Waals surface area contributed by atoms with Gasteiger partial charge in [-0.1, -0.05) is 0 Å². The lowest BCUT2D eigenvalue weighted by atomic mass is 10.1. The first-order chi connectivity index (χ1) is 7.58. The van der Waals surface area contributed by atoms with Crippen molar-refractivity contribution < 1.29 is 13.9 Å². The summed E-state index contributed by atoms with van der Waals surface area (Å²) in [5, 5.41) is 9.39. The van der Waals surface area contributed by atoms with Crippen LogP contribution in [-0.2, 0) is 0 Å². The molecule has 0 bridgehead atoms. The molecule has 1 fully saturated rings. The molecule has 1 atom stereocenters. The molecule has 1 aliphatic rings. The van der Waals surface area contributed by atoms with Gasteiger partial charge in [-0.2, -0.15) is 0 Å². The van der Waals surface area contributed by atoms with Crippen LogP contribution in [-0.4, -0.2) is 24.3 Å². The van der Waals surface area contributed by atoms with Gasteiger partial charge in [0, 0.05) is 30.0 Å². The number of aliphatic hydroxyl groups is 1. The standard InChI is InChI=1S/C11H14F2N2O/c12-11(13)9-5-7(14)1-2-10(9)15-4-3-8(16)6-15/h1-2,5,8,11,16H,3-4,6,14H2. The van der Waals surface area contributed by atoms with Gasteiger partial charge in [0.15, 0.2) is 0 Å². The molecule has 16 heavy (non-hydrogen) atoms. The highest BCUT2D eigenvalue weighted by atomic mass is 19.3. The number of halogens is 2. The zero-order valence-corrected chi connectivity index (χ0v) is 8.74. The van der Waals surface area contributed by atoms with Gasteiger partial charge < -0.3 is 15.7 Å². The van der Waals surface area contributed by atoms with Crippen LogP contribution < -0.4 is 10.6 Å². The van der Waals surface area contributed by atoms with E-state index in [0.717, 1.165) is 0 Å². The molecule has 1 aromatic rings. The van der Waals surface area contributed by atoms with Gasteiger partial charge >= 0.3 is 0 Å². The second kappa shape index (κ2) is 4.25. The molecule has 1 saturated heterocycles. The van der Waals surface area contributed by atoms with Crippen molar-refractivity contribution in [3.8, 4) is 0 Å². The molecule has 1 aromatic carbocycles. The summed E-state index contributed by atoms with van der Waals surface area (Å²) in [4.78, 5) is 1.77. The van der Waals surface area contributed by atoms with Crippen LogP contribution in [0.1, 0.15) is 18.4 Å². The quantitative estimate of drug-likeness (QED) is 0.758. The topological polar surface area (TPSA) is 49.5 Å². The summed E-state index contributed by atoms with van der Waals surface area (Å²) >= 11 is 0. The minimum atomic E-state index is -2.55. The molecule has 5 heteroatoms. The number of alkyl halides is 2. The number of nitrogens with two attached hydrogens (primary N) is 1. The van der Waals surface area contributed by atoms with Crippen molar-refractivity contribution in [1.82, 2.24) is 0 Å². The third-order valence-electron chi connectivity index (χ3n) is 2.79. The molecule has 0 amide bonds. The van der Waals surface area contributed by atoms with E-state index in [0.29, 0.717) is 30.9 Å². The van der Waals surface area contributed by atoms with Crippen LogP contribution in [0.4, 0.5) is 20.2 Å². The first-order valence-electron chi connectivity index (χ1n) is 5.18. The minimum Gasteiger partial charge on any atom is -0.399 e. The molecule has 0 radical (unpaired) electrons. The van der Waals surface area contributed by atoms with Crippen LogP contribution in [0, 0.1) is 0 Å². The molecule has 3 nitrogen and oxygen atoms in total. The maximum atomic E-state index is 12.8. The smallest absolute Gasteiger partial charge is 0.265 e. The van der Waals surface area contributed by atoms with Gasteiger partial charge in [0.25, 0.3) is 6.43 Å². The fraction of sp³-hybridized carbons (Fsp3) is 0.455. The summed E-state index contributed by atoms with van der Waals surface area (Å²) < 4.78 is 25.6. The summed E-state index contributed by atoms with van der Waals surface area (Å²) in [6, 6.07) is 4.49. The van der Waals surface area contributed by atoms with Crippen LogP contribution in [0.15, 0.2) is 18.2 Å². The Morgan fingerprint density at radius 1 is 1.44 bits per heavy atom. The zero-order valence-electron chi connectivity index (χ0n) is 8.74. The highest BCUT2D eigenvalue weighted by molar-refractivity contribution is 5.60. The number of nitrogens with zero attached hydrogens (tertiary/aromatic N) is 1. The van der Waals surface area contributed by atoms with Crippen LogP contribution in [0.25, 0.3) is 0 Å². The highest BCUT2D eigenvalue weighted by Gasteiger charge is 2.24. The lowest BCUT2D eigenvalue weighted by Gasteiger charge is -2.21. The van der Waals surface area contributed by atoms with Gasteiger partial charge in [-0.15, -0.1) is 0 Å². The van der Waals surface area contributed by atoms with Crippen molar-refractivity contribution in [3.63, 3.8) is 0 Å². The van der Waals surface area contributed by atoms with Crippen molar-refractivity contribution in [2.75, 3.05) is 23.7 Å². The highest BCUT2D eigenvalue weighted by Crippen LogP contribution is 2.33. The van der Waals surface area contributed by atoms with E-state index in [1.807, 2.05) is 0 Å². The first kappa shape index (κ1) is 11.1. The van der Waals surface area contributed by atoms with E-state index in [1.54, 1.807) is 17.0 Å². The fourth-order valence-electron chi connectivity index (χ4n) is 2.00. The second-order valence-corrected chi connectivity index (χ2v) is 4.01. The fourth-order valence-corrected chi connectivity index (χ4v) is 2.00. The van der Waals surface area contributed by atoms with Gasteiger partial charge in [0.2, 0.25) is 0 Å². The van der Waals surface area contributed by atoms with Gasteiger partial charge in [0.05, 0.1) is 6.10 Å². The lowest BCUT2D eigenvalue weighted by Crippen LogP contribution is -2.22. The van der Waals surface area contributed by atoms with Crippen LogP contribution >= 0.6 is 0 Å². The predicted molar refractivity (Wildman–Crippen MR) is 58.6 cm³/mol. The monoisotopic (exact) mass is 228 g/mol. The SMILES string of the molecule is Nc1ccc(N2CCC(O)C2)c(C(F)F)c1. The van der Waals surface area contributed by atoms with Crippen molar-refractivity contribution >= 4 is 11.4 Å². The second-order valence-electron chi connectivity index (χ2n) is 4.01. The van der Waals surface area contributed by atoms with Gasteiger partial charge in [-0.05, 0) is 24.6 Å². The third kappa shape index (κ3) is 2.09. The molecule has 0 saturated carbocycles. The van der Waals surface area contributed by atoms with Crippen molar-refractivity contribution in [2.24, 2.45) is 0 Å². The molecule has 1 unspecified atom stereocenters. The summed E-state index contributed by atoms with van der Waals surface area (Å²) in [6.45, 7) is 1.01. The third-order valence-corrected chi connectivity index (χ3v) is 2.79. The molecule has 1 aliphatic heterocycles. The predicted octanol–water partition coefficient (Wildman–Crippen LogP) is 1.78. The Morgan fingerprint density at radius 2 is 2.19 bits per heavy atom. The first-order valence-corrected chi connectivity index (χ1v) is 5.18. The lowest BCUT2D eigenvalue weighted by molar-refractivity contribution is 0.151. The van der Waals surface area contributed by atoms with E-state index >= 15 is 0 Å². The number of hydrogen-bond donors (Lipinski definition) is 2. The number of anilines is 2. The van der Waals surface area contributed by atoms with Gasteiger partial charge in [-0.3, -0.25) is 0 Å². The number of hydrogen-bond acceptors (Lipinski definition) is 3. The number of rotatable bonds is 2. The summed E-state index contributed by atoms with van der Waals surface area (Å²) in [6.07, 6.45) is -2.35. The maximum absolute atomic E-state index is 12.8. The van der Waals surface area contributed by atoms with E-state index in [9.17, 15) is 13.9 Å². The van der Waals surface area contributed by atoms with Crippen molar-refractivity contribution in [2.45, 2.75) is 19.0 Å². The van der Waals surface area contributed by atoms with Crippen LogP contribution in [0.2, 0.25) is 0 Å². The molecule has 2 rings (SSSR count). The Morgan fingerprint density at radius 3 is 2.75 bits per heavy atom. The van der Waals surface area contributed by atoms with E-state index in [1.165, 1.54) is 6.07 Å². The molecular weight excluding hydrogens is 214 g/mol. The molecule has 0 aromatic heterocycles. The number of nitrogen functional groups attached to an aromatic ring is 1. The Hall–Kier alpha value is -1.36. The minimum absolute atomic E-state index is 0.0610. The molecule has 0 spiro atoms. The van der Waals surface area contributed by atoms with Gasteiger partial charge in [0.1, 0.15) is 0 Å². The molecule has 88 valence electrons. The molecule has 1 heterocycles. The Bertz CT molecular complexity index is 384. The Labute approximate surface area is 92.5 Å². The van der Waals surface area contributed by atoms with E-state index in [2.05, 4.69) is 0 Å². The molecule has 0 aliphatic carbocycles. The largest absolute Gasteiger partial charge is 0.399 e. The van der Waals surface area contributed by atoms with Crippen LogP contribution in [0.5, 0.6) is 0 Å². The summed E-state index contributed by atoms with van der Waals surface area (Å²) in [7, 11) is 0. The number of benzene rings is 1. The van der Waals surface area contributed by atoms with E-state index in [-0.39, 0.29) is 5.56 Å². The molecular formula is C11H14F2N2O. The van der Waals surface area contributed by atoms with Crippen molar-refractivity contribution in [3.05, 3.63) is 23.8 Å². The number of aliphatic hydroxyl groups excluding tert-OH is 1. The zero-order chi connectivity index (χ0) is 11.7. The van der Waals surface area contributed by atoms with E-state index in [4.69, 9.17) is 5.73 Å². The summed E-state index contributed by atoms with van der Waals surface area (Å²) in [5.74, 6) is 0. The molecule has 3 N–H and O–H groups in total. The van der Waals surface area contributed by atoms with E-state index < -0.39 is 12.5 Å². The van der Waals surface area contributed by atoms with Gasteiger partial charge in [-0.25, -0.2) is 8.78 Å².